The van der Waals surface area contributed by atoms with E-state index in [0.29, 0.717) is 11.2 Å². The van der Waals surface area contributed by atoms with Gasteiger partial charge in [0.25, 0.3) is 5.56 Å². The van der Waals surface area contributed by atoms with E-state index < -0.39 is 0 Å². The minimum atomic E-state index is -0.236. The molecule has 0 unspecified atom stereocenters. The third kappa shape index (κ3) is 3.55. The molecule has 1 heterocycles. The Kier molecular flexibility index (Phi) is 4.93. The van der Waals surface area contributed by atoms with Gasteiger partial charge in [0.2, 0.25) is 0 Å². The number of nitrogens with zero attached hydrogens (tertiary/aromatic N) is 2. The maximum Gasteiger partial charge on any atom is 0.262 e. The maximum atomic E-state index is 13.7. The number of aromatic nitrogens is 2. The van der Waals surface area contributed by atoms with Crippen molar-refractivity contribution in [1.82, 2.24) is 9.55 Å². The number of benzene rings is 4. The molecule has 5 aromatic rings. The van der Waals surface area contributed by atoms with Crippen LogP contribution in [0, 0.1) is 6.92 Å². The fraction of sp³-hybridized carbons (Fsp3) is 0.0714. The molecule has 1 aromatic heterocycles. The highest BCUT2D eigenvalue weighted by Crippen LogP contribution is 2.28. The molecule has 0 aliphatic heterocycles. The molecule has 3 heteroatoms. The highest BCUT2D eigenvalue weighted by atomic mass is 16.1. The molecule has 0 fully saturated rings. The number of aryl methyl sites for hydroxylation is 1. The number of hydrogen-bond donors (Lipinski definition) is 0. The van der Waals surface area contributed by atoms with Crippen LogP contribution in [0.5, 0.6) is 0 Å². The molecule has 150 valence electrons. The van der Waals surface area contributed by atoms with E-state index in [-0.39, 0.29) is 11.6 Å². The van der Waals surface area contributed by atoms with Crippen LogP contribution in [0.4, 0.5) is 0 Å². The molecule has 0 N–H and O–H groups in total. The first-order valence-electron chi connectivity index (χ1n) is 10.4. The van der Waals surface area contributed by atoms with Crippen LogP contribution in [0.2, 0.25) is 0 Å². The van der Waals surface area contributed by atoms with Crippen LogP contribution in [-0.4, -0.2) is 9.55 Å². The van der Waals surface area contributed by atoms with Crippen molar-refractivity contribution in [3.05, 3.63) is 136 Å². The van der Waals surface area contributed by atoms with E-state index >= 15 is 0 Å². The largest absolute Gasteiger partial charge is 0.285 e. The molecule has 0 aliphatic carbocycles. The van der Waals surface area contributed by atoms with Gasteiger partial charge in [-0.3, -0.25) is 9.36 Å². The second-order valence-corrected chi connectivity index (χ2v) is 7.66. The Morgan fingerprint density at radius 2 is 1.23 bits per heavy atom. The molecule has 4 aromatic carbocycles. The zero-order chi connectivity index (χ0) is 21.2. The molecule has 0 amide bonds. The Bertz CT molecular complexity index is 1350. The SMILES string of the molecule is Cc1nc2cc(-c3ccccc3)ccc2c(=O)n1C(c1ccccc1)c1ccccc1. The average molecular weight is 402 g/mol. The van der Waals surface area contributed by atoms with Gasteiger partial charge in [-0.15, -0.1) is 0 Å². The summed E-state index contributed by atoms with van der Waals surface area (Å²) in [6.07, 6.45) is 0. The van der Waals surface area contributed by atoms with Crippen molar-refractivity contribution in [2.24, 2.45) is 0 Å². The summed E-state index contributed by atoms with van der Waals surface area (Å²) in [5.41, 5.74) is 4.97. The number of hydrogen-bond acceptors (Lipinski definition) is 2. The first-order valence-corrected chi connectivity index (χ1v) is 10.4. The van der Waals surface area contributed by atoms with Crippen LogP contribution in [0.3, 0.4) is 0 Å². The molecular weight excluding hydrogens is 380 g/mol. The van der Waals surface area contributed by atoms with Crippen LogP contribution in [-0.2, 0) is 0 Å². The lowest BCUT2D eigenvalue weighted by molar-refractivity contribution is 0.620. The molecule has 0 saturated carbocycles. The standard InChI is InChI=1S/C28H22N2O/c1-20-29-26-19-24(21-11-5-2-6-12-21)17-18-25(26)28(31)30(20)27(22-13-7-3-8-14-22)23-15-9-4-10-16-23/h2-19,27H,1H3. The lowest BCUT2D eigenvalue weighted by Gasteiger charge is -2.23. The van der Waals surface area contributed by atoms with E-state index in [1.165, 1.54) is 0 Å². The first-order chi connectivity index (χ1) is 15.2. The zero-order valence-corrected chi connectivity index (χ0v) is 17.3. The Hall–Kier alpha value is -3.98. The van der Waals surface area contributed by atoms with Crippen LogP contribution in [0.15, 0.2) is 114 Å². The number of rotatable bonds is 4. The van der Waals surface area contributed by atoms with Gasteiger partial charge in [0, 0.05) is 0 Å². The predicted octanol–water partition coefficient (Wildman–Crippen LogP) is 6.01. The van der Waals surface area contributed by atoms with Gasteiger partial charge in [-0.25, -0.2) is 4.98 Å². The molecule has 0 aliphatic rings. The van der Waals surface area contributed by atoms with Gasteiger partial charge in [-0.1, -0.05) is 97.1 Å². The molecule has 0 saturated heterocycles. The van der Waals surface area contributed by atoms with E-state index in [1.54, 1.807) is 0 Å². The summed E-state index contributed by atoms with van der Waals surface area (Å²) in [7, 11) is 0. The van der Waals surface area contributed by atoms with Crippen LogP contribution >= 0.6 is 0 Å². The van der Waals surface area contributed by atoms with Crippen molar-refractivity contribution in [1.29, 1.82) is 0 Å². The van der Waals surface area contributed by atoms with Gasteiger partial charge >= 0.3 is 0 Å². The fourth-order valence-electron chi connectivity index (χ4n) is 4.19. The molecule has 31 heavy (non-hydrogen) atoms. The second kappa shape index (κ2) is 8.04. The Labute approximate surface area is 181 Å². The highest BCUT2D eigenvalue weighted by molar-refractivity contribution is 5.83. The fourth-order valence-corrected chi connectivity index (χ4v) is 4.19. The third-order valence-electron chi connectivity index (χ3n) is 5.67. The smallest absolute Gasteiger partial charge is 0.262 e. The second-order valence-electron chi connectivity index (χ2n) is 7.66. The van der Waals surface area contributed by atoms with Gasteiger partial charge in [0.05, 0.1) is 16.9 Å². The van der Waals surface area contributed by atoms with Gasteiger partial charge in [0.1, 0.15) is 5.82 Å². The molecule has 0 bridgehead atoms. The van der Waals surface area contributed by atoms with Gasteiger partial charge < -0.3 is 0 Å². The predicted molar refractivity (Wildman–Crippen MR) is 126 cm³/mol. The van der Waals surface area contributed by atoms with Gasteiger partial charge in [-0.2, -0.15) is 0 Å². The van der Waals surface area contributed by atoms with E-state index in [1.807, 2.05) is 84.3 Å². The van der Waals surface area contributed by atoms with Crippen molar-refractivity contribution < 1.29 is 0 Å². The van der Waals surface area contributed by atoms with E-state index in [0.717, 1.165) is 27.8 Å². The summed E-state index contributed by atoms with van der Waals surface area (Å²) in [6.45, 7) is 1.91. The molecule has 0 spiro atoms. The van der Waals surface area contributed by atoms with Crippen molar-refractivity contribution in [3.63, 3.8) is 0 Å². The lowest BCUT2D eigenvalue weighted by atomic mass is 9.98. The minimum absolute atomic E-state index is 0.0279. The van der Waals surface area contributed by atoms with Crippen molar-refractivity contribution in [2.75, 3.05) is 0 Å². The topological polar surface area (TPSA) is 34.9 Å². The average Bonchev–Trinajstić information content (AvgIpc) is 2.83. The van der Waals surface area contributed by atoms with Gasteiger partial charge in [-0.05, 0) is 41.3 Å². The van der Waals surface area contributed by atoms with Crippen molar-refractivity contribution in [3.8, 4) is 11.1 Å². The zero-order valence-electron chi connectivity index (χ0n) is 17.3. The van der Waals surface area contributed by atoms with Crippen LogP contribution in [0.25, 0.3) is 22.0 Å². The van der Waals surface area contributed by atoms with E-state index in [9.17, 15) is 4.79 Å². The molecule has 5 rings (SSSR count). The minimum Gasteiger partial charge on any atom is -0.285 e. The quantitative estimate of drug-likeness (QED) is 0.369. The van der Waals surface area contributed by atoms with Crippen LogP contribution in [0.1, 0.15) is 23.0 Å². The van der Waals surface area contributed by atoms with Crippen LogP contribution < -0.4 is 5.56 Å². The summed E-state index contributed by atoms with van der Waals surface area (Å²) in [4.78, 5) is 18.6. The van der Waals surface area contributed by atoms with Gasteiger partial charge in [0.15, 0.2) is 0 Å². The molecular formula is C28H22N2O. The van der Waals surface area contributed by atoms with Crippen molar-refractivity contribution >= 4 is 10.9 Å². The summed E-state index contributed by atoms with van der Waals surface area (Å²) >= 11 is 0. The third-order valence-corrected chi connectivity index (χ3v) is 5.67. The summed E-state index contributed by atoms with van der Waals surface area (Å²) in [5, 5.41) is 0.627. The maximum absolute atomic E-state index is 13.7. The monoisotopic (exact) mass is 402 g/mol. The molecule has 3 nitrogen and oxygen atoms in total. The summed E-state index contributed by atoms with van der Waals surface area (Å²) in [5.74, 6) is 0.695. The highest BCUT2D eigenvalue weighted by Gasteiger charge is 2.21. The first kappa shape index (κ1) is 19.0. The van der Waals surface area contributed by atoms with E-state index in [4.69, 9.17) is 4.98 Å². The molecule has 0 radical (unpaired) electrons. The Morgan fingerprint density at radius 1 is 0.677 bits per heavy atom. The summed E-state index contributed by atoms with van der Waals surface area (Å²) < 4.78 is 1.81. The summed E-state index contributed by atoms with van der Waals surface area (Å²) in [6, 6.07) is 36.1. The number of fused-ring (bicyclic) bond motifs is 1. The molecule has 0 atom stereocenters. The Balaban J connectivity index is 1.72. The van der Waals surface area contributed by atoms with Crippen molar-refractivity contribution in [2.45, 2.75) is 13.0 Å². The lowest BCUT2D eigenvalue weighted by Crippen LogP contribution is -2.29. The normalized spacial score (nSPS) is 11.2. The van der Waals surface area contributed by atoms with E-state index in [2.05, 4.69) is 36.4 Å². The Morgan fingerprint density at radius 3 is 1.81 bits per heavy atom.